The molecule has 2 heterocycles. The van der Waals surface area contributed by atoms with Gasteiger partial charge in [-0.25, -0.2) is 4.79 Å². The van der Waals surface area contributed by atoms with E-state index < -0.39 is 5.63 Å². The molecule has 0 atom stereocenters. The molecule has 2 aromatic rings. The standard InChI is InChI=1S/C14H11BrN2O3/c15-10-5-9(6-16-7-10)12-4-3-11(14(19)20-12)17-13(18)8-1-2-8/h3-8H,1-2H2,(H,17,18). The van der Waals surface area contributed by atoms with Crippen LogP contribution >= 0.6 is 15.9 Å². The summed E-state index contributed by atoms with van der Waals surface area (Å²) in [5.74, 6) is 0.339. The van der Waals surface area contributed by atoms with E-state index in [4.69, 9.17) is 4.42 Å². The Balaban J connectivity index is 1.87. The molecule has 0 bridgehead atoms. The number of anilines is 1. The molecule has 1 amide bonds. The second-order valence-electron chi connectivity index (χ2n) is 4.66. The van der Waals surface area contributed by atoms with Crippen molar-refractivity contribution in [2.75, 3.05) is 5.32 Å². The number of nitrogens with zero attached hydrogens (tertiary/aromatic N) is 1. The van der Waals surface area contributed by atoms with E-state index in [9.17, 15) is 9.59 Å². The Bertz CT molecular complexity index is 722. The molecular formula is C14H11BrN2O3. The van der Waals surface area contributed by atoms with E-state index in [0.29, 0.717) is 11.3 Å². The zero-order valence-corrected chi connectivity index (χ0v) is 12.0. The summed E-state index contributed by atoms with van der Waals surface area (Å²) in [6.07, 6.45) is 5.02. The molecule has 0 spiro atoms. The zero-order chi connectivity index (χ0) is 14.1. The van der Waals surface area contributed by atoms with Gasteiger partial charge in [-0.1, -0.05) is 0 Å². The maximum Gasteiger partial charge on any atom is 0.360 e. The van der Waals surface area contributed by atoms with Crippen LogP contribution in [0.2, 0.25) is 0 Å². The average molecular weight is 335 g/mol. The van der Waals surface area contributed by atoms with Crippen molar-refractivity contribution in [1.29, 1.82) is 0 Å². The summed E-state index contributed by atoms with van der Waals surface area (Å²) < 4.78 is 6.01. The first-order valence-corrected chi connectivity index (χ1v) is 6.99. The molecular weight excluding hydrogens is 324 g/mol. The van der Waals surface area contributed by atoms with Crippen LogP contribution in [-0.4, -0.2) is 10.9 Å². The van der Waals surface area contributed by atoms with Crippen LogP contribution in [0.4, 0.5) is 5.69 Å². The molecule has 0 aliphatic heterocycles. The minimum atomic E-state index is -0.559. The summed E-state index contributed by atoms with van der Waals surface area (Å²) in [7, 11) is 0. The third kappa shape index (κ3) is 2.80. The first-order chi connectivity index (χ1) is 9.63. The van der Waals surface area contributed by atoms with Crippen molar-refractivity contribution in [3.63, 3.8) is 0 Å². The van der Waals surface area contributed by atoms with Crippen molar-refractivity contribution in [3.05, 3.63) is 45.5 Å². The van der Waals surface area contributed by atoms with Gasteiger partial charge in [0.1, 0.15) is 11.4 Å². The monoisotopic (exact) mass is 334 g/mol. The molecule has 1 aliphatic carbocycles. The van der Waals surface area contributed by atoms with Gasteiger partial charge < -0.3 is 9.73 Å². The molecule has 6 heteroatoms. The highest BCUT2D eigenvalue weighted by atomic mass is 79.9. The van der Waals surface area contributed by atoms with E-state index in [1.165, 1.54) is 0 Å². The van der Waals surface area contributed by atoms with E-state index in [2.05, 4.69) is 26.2 Å². The van der Waals surface area contributed by atoms with Gasteiger partial charge in [-0.2, -0.15) is 0 Å². The van der Waals surface area contributed by atoms with Gasteiger partial charge in [-0.05, 0) is 47.0 Å². The van der Waals surface area contributed by atoms with Crippen LogP contribution in [0.25, 0.3) is 11.3 Å². The van der Waals surface area contributed by atoms with Gasteiger partial charge in [0, 0.05) is 28.3 Å². The number of pyridine rings is 1. The van der Waals surface area contributed by atoms with E-state index >= 15 is 0 Å². The summed E-state index contributed by atoms with van der Waals surface area (Å²) in [6.45, 7) is 0. The number of nitrogens with one attached hydrogen (secondary N) is 1. The van der Waals surface area contributed by atoms with E-state index in [1.807, 2.05) is 0 Å². The summed E-state index contributed by atoms with van der Waals surface area (Å²) in [6, 6.07) is 5.00. The number of aromatic nitrogens is 1. The van der Waals surface area contributed by atoms with Gasteiger partial charge in [-0.15, -0.1) is 0 Å². The van der Waals surface area contributed by atoms with Gasteiger partial charge >= 0.3 is 5.63 Å². The minimum Gasteiger partial charge on any atom is -0.421 e. The highest BCUT2D eigenvalue weighted by Gasteiger charge is 2.30. The largest absolute Gasteiger partial charge is 0.421 e. The van der Waals surface area contributed by atoms with Crippen molar-refractivity contribution < 1.29 is 9.21 Å². The number of halogens is 1. The minimum absolute atomic E-state index is 0.0448. The third-order valence-corrected chi connectivity index (χ3v) is 3.45. The molecule has 0 unspecified atom stereocenters. The third-order valence-electron chi connectivity index (χ3n) is 3.02. The van der Waals surface area contributed by atoms with Crippen LogP contribution in [0, 0.1) is 5.92 Å². The van der Waals surface area contributed by atoms with Crippen molar-refractivity contribution in [3.8, 4) is 11.3 Å². The Labute approximate surface area is 123 Å². The molecule has 0 radical (unpaired) electrons. The SMILES string of the molecule is O=C(Nc1ccc(-c2cncc(Br)c2)oc1=O)C1CC1. The van der Waals surface area contributed by atoms with Crippen molar-refractivity contribution >= 4 is 27.5 Å². The summed E-state index contributed by atoms with van der Waals surface area (Å²) >= 11 is 3.31. The molecule has 5 nitrogen and oxygen atoms in total. The fraction of sp³-hybridized carbons (Fsp3) is 0.214. The molecule has 0 aromatic carbocycles. The second kappa shape index (κ2) is 5.20. The maximum atomic E-state index is 11.9. The quantitative estimate of drug-likeness (QED) is 0.936. The fourth-order valence-corrected chi connectivity index (χ4v) is 2.16. The number of carbonyl (C=O) groups excluding carboxylic acids is 1. The van der Waals surface area contributed by atoms with Gasteiger partial charge in [0.15, 0.2) is 0 Å². The molecule has 1 N–H and O–H groups in total. The fourth-order valence-electron chi connectivity index (χ4n) is 1.79. The Morgan fingerprint density at radius 3 is 2.80 bits per heavy atom. The molecule has 1 aliphatic rings. The van der Waals surface area contributed by atoms with E-state index in [-0.39, 0.29) is 17.5 Å². The maximum absolute atomic E-state index is 11.9. The van der Waals surface area contributed by atoms with Crippen molar-refractivity contribution in [2.24, 2.45) is 5.92 Å². The molecule has 102 valence electrons. The normalized spacial score (nSPS) is 14.1. The van der Waals surface area contributed by atoms with Gasteiger partial charge in [0.2, 0.25) is 5.91 Å². The topological polar surface area (TPSA) is 72.2 Å². The molecule has 0 saturated heterocycles. The van der Waals surface area contributed by atoms with Gasteiger partial charge in [-0.3, -0.25) is 9.78 Å². The van der Waals surface area contributed by atoms with E-state index in [0.717, 1.165) is 17.3 Å². The van der Waals surface area contributed by atoms with Crippen molar-refractivity contribution in [2.45, 2.75) is 12.8 Å². The molecule has 1 saturated carbocycles. The number of rotatable bonds is 3. The highest BCUT2D eigenvalue weighted by molar-refractivity contribution is 9.10. The molecule has 1 fully saturated rings. The number of amides is 1. The lowest BCUT2D eigenvalue weighted by Gasteiger charge is -2.04. The van der Waals surface area contributed by atoms with Gasteiger partial charge in [0.25, 0.3) is 0 Å². The lowest BCUT2D eigenvalue weighted by atomic mass is 10.2. The number of hydrogen-bond donors (Lipinski definition) is 1. The summed E-state index contributed by atoms with van der Waals surface area (Å²) in [4.78, 5) is 27.5. The Morgan fingerprint density at radius 1 is 1.35 bits per heavy atom. The highest BCUT2D eigenvalue weighted by Crippen LogP contribution is 2.30. The van der Waals surface area contributed by atoms with Crippen LogP contribution in [0.5, 0.6) is 0 Å². The van der Waals surface area contributed by atoms with Crippen LogP contribution in [0.3, 0.4) is 0 Å². The first-order valence-electron chi connectivity index (χ1n) is 6.19. The van der Waals surface area contributed by atoms with E-state index in [1.54, 1.807) is 30.6 Å². The Kier molecular flexibility index (Phi) is 3.40. The average Bonchev–Trinajstić information content (AvgIpc) is 3.25. The Morgan fingerprint density at radius 2 is 2.15 bits per heavy atom. The second-order valence-corrected chi connectivity index (χ2v) is 5.57. The molecule has 3 rings (SSSR count). The first kappa shape index (κ1) is 13.1. The lowest BCUT2D eigenvalue weighted by molar-refractivity contribution is -0.117. The molecule has 2 aromatic heterocycles. The van der Waals surface area contributed by atoms with Gasteiger partial charge in [0.05, 0.1) is 0 Å². The predicted molar refractivity (Wildman–Crippen MR) is 77.3 cm³/mol. The van der Waals surface area contributed by atoms with Crippen LogP contribution in [0.15, 0.2) is 44.3 Å². The van der Waals surface area contributed by atoms with Crippen molar-refractivity contribution in [1.82, 2.24) is 4.98 Å². The number of carbonyl (C=O) groups is 1. The predicted octanol–water partition coefficient (Wildman–Crippen LogP) is 2.81. The van der Waals surface area contributed by atoms with Crippen LogP contribution < -0.4 is 10.9 Å². The van der Waals surface area contributed by atoms with Crippen LogP contribution in [-0.2, 0) is 4.79 Å². The smallest absolute Gasteiger partial charge is 0.360 e. The lowest BCUT2D eigenvalue weighted by Crippen LogP contribution is -2.18. The molecule has 20 heavy (non-hydrogen) atoms. The Hall–Kier alpha value is -1.95. The van der Waals surface area contributed by atoms with Crippen LogP contribution in [0.1, 0.15) is 12.8 Å². The summed E-state index contributed by atoms with van der Waals surface area (Å²) in [5, 5.41) is 2.59. The number of hydrogen-bond acceptors (Lipinski definition) is 4. The summed E-state index contributed by atoms with van der Waals surface area (Å²) in [5.41, 5.74) is 0.307. The zero-order valence-electron chi connectivity index (χ0n) is 10.4.